The summed E-state index contributed by atoms with van der Waals surface area (Å²) in [6.45, 7) is 12.7. The van der Waals surface area contributed by atoms with Crippen molar-refractivity contribution in [2.45, 2.75) is 59.5 Å². The van der Waals surface area contributed by atoms with E-state index in [1.165, 1.54) is 0 Å². The molecule has 1 N–H and O–H groups in total. The van der Waals surface area contributed by atoms with Crippen molar-refractivity contribution < 1.29 is 4.79 Å². The standard InChI is InChI=1S/C14H28N2O/c1-6-14(17)16-9-12(7-10(2)3)15-8-13(16)11(4)5/h10-13,15H,6-9H2,1-5H3. The fourth-order valence-electron chi connectivity index (χ4n) is 2.65. The Labute approximate surface area is 106 Å². The Hall–Kier alpha value is -0.570. The summed E-state index contributed by atoms with van der Waals surface area (Å²) < 4.78 is 0. The average Bonchev–Trinajstić information content (AvgIpc) is 2.26. The molecule has 0 spiro atoms. The molecule has 0 aromatic rings. The molecule has 1 fully saturated rings. The number of piperazine rings is 1. The number of hydrogen-bond donors (Lipinski definition) is 1. The predicted octanol–water partition coefficient (Wildman–Crippen LogP) is 2.27. The van der Waals surface area contributed by atoms with Gasteiger partial charge in [0.25, 0.3) is 0 Å². The van der Waals surface area contributed by atoms with Gasteiger partial charge in [0.2, 0.25) is 5.91 Å². The zero-order valence-electron chi connectivity index (χ0n) is 12.0. The van der Waals surface area contributed by atoms with Gasteiger partial charge in [-0.1, -0.05) is 34.6 Å². The number of rotatable bonds is 4. The fourth-order valence-corrected chi connectivity index (χ4v) is 2.65. The second-order valence-corrected chi connectivity index (χ2v) is 5.95. The molecule has 1 amide bonds. The Kier molecular flexibility index (Phi) is 5.44. The van der Waals surface area contributed by atoms with E-state index in [0.29, 0.717) is 36.2 Å². The van der Waals surface area contributed by atoms with Gasteiger partial charge in [-0.3, -0.25) is 4.79 Å². The van der Waals surface area contributed by atoms with Gasteiger partial charge in [-0.05, 0) is 18.3 Å². The molecular weight excluding hydrogens is 212 g/mol. The molecule has 3 nitrogen and oxygen atoms in total. The van der Waals surface area contributed by atoms with Crippen molar-refractivity contribution in [1.29, 1.82) is 0 Å². The average molecular weight is 240 g/mol. The lowest BCUT2D eigenvalue weighted by molar-refractivity contribution is -0.136. The molecular formula is C14H28N2O. The van der Waals surface area contributed by atoms with Crippen LogP contribution in [0.3, 0.4) is 0 Å². The highest BCUT2D eigenvalue weighted by molar-refractivity contribution is 5.76. The van der Waals surface area contributed by atoms with Crippen LogP contribution >= 0.6 is 0 Å². The summed E-state index contributed by atoms with van der Waals surface area (Å²) >= 11 is 0. The van der Waals surface area contributed by atoms with Crippen LogP contribution in [0.4, 0.5) is 0 Å². The van der Waals surface area contributed by atoms with Crippen LogP contribution in [0, 0.1) is 11.8 Å². The largest absolute Gasteiger partial charge is 0.337 e. The van der Waals surface area contributed by atoms with Crippen LogP contribution in [0.15, 0.2) is 0 Å². The van der Waals surface area contributed by atoms with E-state index in [-0.39, 0.29) is 0 Å². The van der Waals surface area contributed by atoms with Gasteiger partial charge < -0.3 is 10.2 Å². The molecule has 1 heterocycles. The number of carbonyl (C=O) groups is 1. The van der Waals surface area contributed by atoms with Gasteiger partial charge in [-0.25, -0.2) is 0 Å². The summed E-state index contributed by atoms with van der Waals surface area (Å²) in [7, 11) is 0. The van der Waals surface area contributed by atoms with Crippen molar-refractivity contribution in [3.05, 3.63) is 0 Å². The summed E-state index contributed by atoms with van der Waals surface area (Å²) in [5, 5.41) is 3.60. The van der Waals surface area contributed by atoms with E-state index in [1.807, 2.05) is 6.92 Å². The summed E-state index contributed by atoms with van der Waals surface area (Å²) in [6, 6.07) is 0.839. The molecule has 0 aliphatic carbocycles. The minimum absolute atomic E-state index is 0.305. The maximum atomic E-state index is 12.0. The number of amides is 1. The zero-order valence-corrected chi connectivity index (χ0v) is 12.0. The molecule has 1 rings (SSSR count). The lowest BCUT2D eigenvalue weighted by Crippen LogP contribution is -2.60. The number of hydrogen-bond acceptors (Lipinski definition) is 2. The number of nitrogens with zero attached hydrogens (tertiary/aromatic N) is 1. The van der Waals surface area contributed by atoms with E-state index in [1.54, 1.807) is 0 Å². The van der Waals surface area contributed by atoms with E-state index >= 15 is 0 Å². The first-order valence-electron chi connectivity index (χ1n) is 6.98. The van der Waals surface area contributed by atoms with Crippen molar-refractivity contribution in [2.24, 2.45) is 11.8 Å². The van der Waals surface area contributed by atoms with Crippen LogP contribution in [-0.2, 0) is 4.79 Å². The lowest BCUT2D eigenvalue weighted by atomic mass is 9.94. The fraction of sp³-hybridized carbons (Fsp3) is 0.929. The molecule has 1 saturated heterocycles. The summed E-state index contributed by atoms with van der Waals surface area (Å²) in [5.41, 5.74) is 0. The van der Waals surface area contributed by atoms with Crippen molar-refractivity contribution in [2.75, 3.05) is 13.1 Å². The van der Waals surface area contributed by atoms with E-state index in [9.17, 15) is 4.79 Å². The van der Waals surface area contributed by atoms with Gasteiger partial charge in [0, 0.05) is 31.6 Å². The summed E-state index contributed by atoms with van der Waals surface area (Å²) in [5.74, 6) is 1.51. The van der Waals surface area contributed by atoms with Gasteiger partial charge >= 0.3 is 0 Å². The van der Waals surface area contributed by atoms with E-state index in [0.717, 1.165) is 19.5 Å². The third-order valence-electron chi connectivity index (χ3n) is 3.58. The van der Waals surface area contributed by atoms with Crippen molar-refractivity contribution in [3.8, 4) is 0 Å². The second-order valence-electron chi connectivity index (χ2n) is 5.95. The zero-order chi connectivity index (χ0) is 13.0. The first-order valence-corrected chi connectivity index (χ1v) is 6.98. The number of carbonyl (C=O) groups excluding carboxylic acids is 1. The van der Waals surface area contributed by atoms with Crippen molar-refractivity contribution >= 4 is 5.91 Å². The molecule has 0 bridgehead atoms. The van der Waals surface area contributed by atoms with Crippen LogP contribution < -0.4 is 5.32 Å². The van der Waals surface area contributed by atoms with E-state index in [2.05, 4.69) is 37.9 Å². The minimum Gasteiger partial charge on any atom is -0.337 e. The molecule has 2 unspecified atom stereocenters. The van der Waals surface area contributed by atoms with Crippen LogP contribution in [0.1, 0.15) is 47.5 Å². The molecule has 17 heavy (non-hydrogen) atoms. The van der Waals surface area contributed by atoms with Crippen LogP contribution in [-0.4, -0.2) is 36.0 Å². The van der Waals surface area contributed by atoms with E-state index < -0.39 is 0 Å². The molecule has 1 aliphatic rings. The molecule has 0 aromatic carbocycles. The normalized spacial score (nSPS) is 25.7. The Morgan fingerprint density at radius 2 is 2.00 bits per heavy atom. The first-order chi connectivity index (χ1) is 7.95. The SMILES string of the molecule is CCC(=O)N1CC(CC(C)C)NCC1C(C)C. The molecule has 0 aromatic heterocycles. The Balaban J connectivity index is 2.66. The maximum Gasteiger partial charge on any atom is 0.222 e. The Bertz CT molecular complexity index is 251. The topological polar surface area (TPSA) is 32.3 Å². The lowest BCUT2D eigenvalue weighted by Gasteiger charge is -2.43. The van der Waals surface area contributed by atoms with Crippen LogP contribution in [0.25, 0.3) is 0 Å². The highest BCUT2D eigenvalue weighted by Gasteiger charge is 2.32. The summed E-state index contributed by atoms with van der Waals surface area (Å²) in [6.07, 6.45) is 1.77. The monoisotopic (exact) mass is 240 g/mol. The third kappa shape index (κ3) is 3.98. The molecule has 0 radical (unpaired) electrons. The maximum absolute atomic E-state index is 12.0. The van der Waals surface area contributed by atoms with Crippen molar-refractivity contribution in [3.63, 3.8) is 0 Å². The van der Waals surface area contributed by atoms with Crippen LogP contribution in [0.5, 0.6) is 0 Å². The summed E-state index contributed by atoms with van der Waals surface area (Å²) in [4.78, 5) is 14.1. The van der Waals surface area contributed by atoms with Crippen LogP contribution in [0.2, 0.25) is 0 Å². The third-order valence-corrected chi connectivity index (χ3v) is 3.58. The second kappa shape index (κ2) is 6.39. The smallest absolute Gasteiger partial charge is 0.222 e. The van der Waals surface area contributed by atoms with E-state index in [4.69, 9.17) is 0 Å². The highest BCUT2D eigenvalue weighted by Crippen LogP contribution is 2.19. The Morgan fingerprint density at radius 3 is 2.47 bits per heavy atom. The minimum atomic E-state index is 0.305. The Morgan fingerprint density at radius 1 is 1.35 bits per heavy atom. The molecule has 0 saturated carbocycles. The van der Waals surface area contributed by atoms with Gasteiger partial charge in [0.1, 0.15) is 0 Å². The van der Waals surface area contributed by atoms with Gasteiger partial charge in [-0.15, -0.1) is 0 Å². The molecule has 100 valence electrons. The molecule has 1 aliphatic heterocycles. The molecule has 2 atom stereocenters. The highest BCUT2D eigenvalue weighted by atomic mass is 16.2. The quantitative estimate of drug-likeness (QED) is 0.817. The predicted molar refractivity (Wildman–Crippen MR) is 71.9 cm³/mol. The van der Waals surface area contributed by atoms with Gasteiger partial charge in [0.05, 0.1) is 0 Å². The van der Waals surface area contributed by atoms with Gasteiger partial charge in [-0.2, -0.15) is 0 Å². The van der Waals surface area contributed by atoms with Crippen molar-refractivity contribution in [1.82, 2.24) is 10.2 Å². The molecule has 3 heteroatoms. The van der Waals surface area contributed by atoms with Gasteiger partial charge in [0.15, 0.2) is 0 Å². The number of nitrogens with one attached hydrogen (secondary N) is 1. The first kappa shape index (κ1) is 14.5.